The van der Waals surface area contributed by atoms with E-state index in [1.807, 2.05) is 0 Å². The van der Waals surface area contributed by atoms with Crippen molar-refractivity contribution in [2.45, 2.75) is 13.8 Å². The van der Waals surface area contributed by atoms with Crippen LogP contribution in [0.2, 0.25) is 0 Å². The van der Waals surface area contributed by atoms with Crippen molar-refractivity contribution in [2.24, 2.45) is 0 Å². The maximum Gasteiger partial charge on any atom is 0.340 e. The Labute approximate surface area is 73.7 Å². The topological polar surface area (TPSA) is 43.4 Å². The van der Waals surface area contributed by atoms with E-state index in [2.05, 4.69) is 17.9 Å². The molecule has 0 heterocycles. The summed E-state index contributed by atoms with van der Waals surface area (Å²) in [5.74, 6) is -1.42. The summed E-state index contributed by atoms with van der Waals surface area (Å²) < 4.78 is 4.30. The molecule has 3 nitrogen and oxygen atoms in total. The highest BCUT2D eigenvalue weighted by molar-refractivity contribution is 6.00. The van der Waals surface area contributed by atoms with Crippen LogP contribution in [0, 0.1) is 0 Å². The minimum atomic E-state index is -0.710. The van der Waals surface area contributed by atoms with E-state index in [1.54, 1.807) is 0 Å². The third kappa shape index (κ3) is 4.49. The number of ether oxygens (including phenoxy) is 1. The van der Waals surface area contributed by atoms with Crippen LogP contribution in [0.1, 0.15) is 13.8 Å². The summed E-state index contributed by atoms with van der Waals surface area (Å²) in [6.07, 6.45) is 0. The highest BCUT2D eigenvalue weighted by Crippen LogP contribution is 1.97. The van der Waals surface area contributed by atoms with E-state index in [1.165, 1.54) is 13.8 Å². The molecule has 0 fully saturated rings. The Morgan fingerprint density at radius 2 is 1.25 bits per heavy atom. The number of carbonyl (C=O) groups is 2. The highest BCUT2D eigenvalue weighted by atomic mass is 16.6. The van der Waals surface area contributed by atoms with E-state index >= 15 is 0 Å². The van der Waals surface area contributed by atoms with Crippen molar-refractivity contribution in [3.05, 3.63) is 24.3 Å². The van der Waals surface area contributed by atoms with Crippen molar-refractivity contribution in [1.29, 1.82) is 0 Å². The molecule has 0 aliphatic rings. The Morgan fingerprint density at radius 3 is 1.42 bits per heavy atom. The van der Waals surface area contributed by atoms with Crippen LogP contribution in [0.5, 0.6) is 0 Å². The standard InChI is InChI=1S/C8H10O3.B/c1-5(2)7(9)11-8(10)6(3)4;/h1,3H2,2,4H3;. The summed E-state index contributed by atoms with van der Waals surface area (Å²) in [5, 5.41) is 0. The molecule has 0 bridgehead atoms. The van der Waals surface area contributed by atoms with Crippen LogP contribution in [-0.4, -0.2) is 20.4 Å². The third-order valence-corrected chi connectivity index (χ3v) is 0.882. The fraction of sp³-hybridized carbons (Fsp3) is 0.250. The van der Waals surface area contributed by atoms with Gasteiger partial charge in [0, 0.05) is 19.6 Å². The second kappa shape index (κ2) is 5.35. The molecule has 0 N–H and O–H groups in total. The van der Waals surface area contributed by atoms with E-state index in [0.29, 0.717) is 0 Å². The predicted octanol–water partition coefficient (Wildman–Crippen LogP) is 0.828. The Morgan fingerprint density at radius 1 is 1.00 bits per heavy atom. The Balaban J connectivity index is 0. The van der Waals surface area contributed by atoms with E-state index in [4.69, 9.17) is 0 Å². The number of hydrogen-bond donors (Lipinski definition) is 0. The summed E-state index contributed by atoms with van der Waals surface area (Å²) in [4.78, 5) is 21.3. The Kier molecular flexibility index (Phi) is 5.92. The molecule has 0 unspecified atom stereocenters. The molecule has 0 rings (SSSR count). The summed E-state index contributed by atoms with van der Waals surface area (Å²) >= 11 is 0. The van der Waals surface area contributed by atoms with Crippen LogP contribution in [-0.2, 0) is 14.3 Å². The van der Waals surface area contributed by atoms with Crippen molar-refractivity contribution >= 4 is 20.4 Å². The molecule has 0 amide bonds. The normalized spacial score (nSPS) is 7.83. The first kappa shape index (κ1) is 13.3. The van der Waals surface area contributed by atoms with Crippen LogP contribution in [0.4, 0.5) is 0 Å². The minimum absolute atomic E-state index is 0. The predicted molar refractivity (Wildman–Crippen MR) is 46.5 cm³/mol. The van der Waals surface area contributed by atoms with Crippen LogP contribution in [0.15, 0.2) is 24.3 Å². The lowest BCUT2D eigenvalue weighted by molar-refractivity contribution is -0.153. The fourth-order valence-corrected chi connectivity index (χ4v) is 0.258. The maximum absolute atomic E-state index is 10.7. The van der Waals surface area contributed by atoms with Gasteiger partial charge in [0.25, 0.3) is 0 Å². The first-order chi connectivity index (χ1) is 4.95. The second-order valence-electron chi connectivity index (χ2n) is 2.24. The van der Waals surface area contributed by atoms with E-state index in [0.717, 1.165) is 0 Å². The molecule has 3 radical (unpaired) electrons. The molecule has 0 aromatic heterocycles. The summed E-state index contributed by atoms with van der Waals surface area (Å²) in [6, 6.07) is 0. The maximum atomic E-state index is 10.7. The number of esters is 2. The monoisotopic (exact) mass is 165 g/mol. The van der Waals surface area contributed by atoms with Crippen LogP contribution in [0.25, 0.3) is 0 Å². The van der Waals surface area contributed by atoms with Crippen molar-refractivity contribution in [2.75, 3.05) is 0 Å². The third-order valence-electron chi connectivity index (χ3n) is 0.882. The first-order valence-electron chi connectivity index (χ1n) is 3.02. The highest BCUT2D eigenvalue weighted by Gasteiger charge is 2.10. The van der Waals surface area contributed by atoms with E-state index < -0.39 is 11.9 Å². The van der Waals surface area contributed by atoms with Crippen LogP contribution >= 0.6 is 0 Å². The second-order valence-corrected chi connectivity index (χ2v) is 2.24. The molecule has 0 aliphatic carbocycles. The zero-order chi connectivity index (χ0) is 9.02. The summed E-state index contributed by atoms with van der Waals surface area (Å²) in [7, 11) is 0. The van der Waals surface area contributed by atoms with E-state index in [9.17, 15) is 9.59 Å². The smallest absolute Gasteiger partial charge is 0.340 e. The first-order valence-corrected chi connectivity index (χ1v) is 3.02. The quantitative estimate of drug-likeness (QED) is 0.263. The van der Waals surface area contributed by atoms with E-state index in [-0.39, 0.29) is 19.6 Å². The molecule has 0 atom stereocenters. The van der Waals surface area contributed by atoms with Gasteiger partial charge in [-0.15, -0.1) is 0 Å². The number of carbonyl (C=O) groups excluding carboxylic acids is 2. The lowest BCUT2D eigenvalue weighted by atomic mass is 10.3. The SMILES string of the molecule is C=C(C)C(=O)OC(=O)C(=C)C.[B]. The molecule has 12 heavy (non-hydrogen) atoms. The average molecular weight is 165 g/mol. The van der Waals surface area contributed by atoms with Gasteiger partial charge < -0.3 is 4.74 Å². The lowest BCUT2D eigenvalue weighted by Crippen LogP contribution is -2.12. The summed E-state index contributed by atoms with van der Waals surface area (Å²) in [6.45, 7) is 9.55. The van der Waals surface area contributed by atoms with Gasteiger partial charge in [0.05, 0.1) is 0 Å². The van der Waals surface area contributed by atoms with Gasteiger partial charge >= 0.3 is 11.9 Å². The molecule has 0 spiro atoms. The van der Waals surface area contributed by atoms with Gasteiger partial charge in [-0.25, -0.2) is 9.59 Å². The average Bonchev–Trinajstić information content (AvgIpc) is 1.87. The molecule has 0 saturated carbocycles. The molecular formula is C8H10BO3. The fourth-order valence-electron chi connectivity index (χ4n) is 0.258. The number of rotatable bonds is 2. The van der Waals surface area contributed by atoms with Gasteiger partial charge in [-0.05, 0) is 13.8 Å². The zero-order valence-electron chi connectivity index (χ0n) is 7.22. The molecule has 63 valence electrons. The Bertz CT molecular complexity index is 206. The van der Waals surface area contributed by atoms with Crippen molar-refractivity contribution in [3.63, 3.8) is 0 Å². The summed E-state index contributed by atoms with van der Waals surface area (Å²) in [5.41, 5.74) is 0.388. The molecule has 0 aromatic carbocycles. The van der Waals surface area contributed by atoms with Crippen molar-refractivity contribution in [3.8, 4) is 0 Å². The molecule has 4 heteroatoms. The molecule has 0 saturated heterocycles. The van der Waals surface area contributed by atoms with Gasteiger partial charge in [0.2, 0.25) is 0 Å². The number of hydrogen-bond acceptors (Lipinski definition) is 3. The molecular weight excluding hydrogens is 155 g/mol. The van der Waals surface area contributed by atoms with Gasteiger partial charge in [0.1, 0.15) is 0 Å². The van der Waals surface area contributed by atoms with Crippen LogP contribution < -0.4 is 0 Å². The van der Waals surface area contributed by atoms with Gasteiger partial charge in [-0.2, -0.15) is 0 Å². The zero-order valence-corrected chi connectivity index (χ0v) is 7.22. The lowest BCUT2D eigenvalue weighted by Gasteiger charge is -1.99. The largest absolute Gasteiger partial charge is 0.386 e. The molecule has 0 aromatic rings. The van der Waals surface area contributed by atoms with Gasteiger partial charge in [-0.1, -0.05) is 13.2 Å². The molecule has 0 aliphatic heterocycles. The van der Waals surface area contributed by atoms with Crippen molar-refractivity contribution in [1.82, 2.24) is 0 Å². The van der Waals surface area contributed by atoms with Crippen molar-refractivity contribution < 1.29 is 14.3 Å². The van der Waals surface area contributed by atoms with Crippen LogP contribution in [0.3, 0.4) is 0 Å². The van der Waals surface area contributed by atoms with Gasteiger partial charge in [-0.3, -0.25) is 0 Å². The van der Waals surface area contributed by atoms with Gasteiger partial charge in [0.15, 0.2) is 0 Å². The minimum Gasteiger partial charge on any atom is -0.386 e. The Hall–Kier alpha value is -1.32.